The van der Waals surface area contributed by atoms with Gasteiger partial charge in [0, 0.05) is 0 Å². The molecular weight excluding hydrogens is 294 g/mol. The molecule has 8 heteroatoms. The summed E-state index contributed by atoms with van der Waals surface area (Å²) in [7, 11) is 0. The van der Waals surface area contributed by atoms with E-state index in [0.29, 0.717) is 0 Å². The summed E-state index contributed by atoms with van der Waals surface area (Å²) in [5.74, 6) is -0.613. The fourth-order valence-electron chi connectivity index (χ4n) is 0.789. The second-order valence-corrected chi connectivity index (χ2v) is 5.59. The van der Waals surface area contributed by atoms with Crippen LogP contribution in [0.4, 0.5) is 0 Å². The number of halogens is 3. The lowest BCUT2D eigenvalue weighted by Gasteiger charge is -2.15. The summed E-state index contributed by atoms with van der Waals surface area (Å²) >= 11 is 16.2. The molecule has 0 rings (SSSR count). The Morgan fingerprint density at radius 3 is 2.47 bits per heavy atom. The van der Waals surface area contributed by atoms with E-state index < -0.39 is 15.9 Å². The fraction of sp³-hybridized carbons (Fsp3) is 0.889. The predicted molar refractivity (Wildman–Crippen MR) is 64.6 cm³/mol. The molecule has 0 saturated carbocycles. The molecule has 0 saturated heterocycles. The Morgan fingerprint density at radius 1 is 1.29 bits per heavy atom. The van der Waals surface area contributed by atoms with Crippen LogP contribution in [0.3, 0.4) is 0 Å². The zero-order chi connectivity index (χ0) is 13.3. The van der Waals surface area contributed by atoms with Crippen molar-refractivity contribution in [3.05, 3.63) is 0 Å². The Hall–Kier alpha value is 0.220. The van der Waals surface area contributed by atoms with Gasteiger partial charge in [0.2, 0.25) is 3.79 Å². The van der Waals surface area contributed by atoms with Crippen LogP contribution in [-0.2, 0) is 19.0 Å². The minimum atomic E-state index is -1.63. The van der Waals surface area contributed by atoms with Gasteiger partial charge in [0.15, 0.2) is 6.10 Å². The summed E-state index contributed by atoms with van der Waals surface area (Å²) in [5.41, 5.74) is 0. The number of hydrogen-bond acceptors (Lipinski definition) is 5. The van der Waals surface area contributed by atoms with Crippen molar-refractivity contribution in [1.82, 2.24) is 0 Å². The monoisotopic (exact) mass is 308 g/mol. The van der Waals surface area contributed by atoms with Gasteiger partial charge in [-0.15, -0.1) is 0 Å². The Balaban J connectivity index is 3.61. The van der Waals surface area contributed by atoms with E-state index in [1.807, 2.05) is 0 Å². The summed E-state index contributed by atoms with van der Waals surface area (Å²) in [5, 5.41) is 8.43. The maximum atomic E-state index is 11.3. The lowest BCUT2D eigenvalue weighted by atomic mass is 10.4. The molecular formula is C9H15Cl3O5. The van der Waals surface area contributed by atoms with Crippen molar-refractivity contribution in [3.8, 4) is 0 Å². The van der Waals surface area contributed by atoms with E-state index in [9.17, 15) is 4.79 Å². The van der Waals surface area contributed by atoms with Gasteiger partial charge in [0.05, 0.1) is 26.4 Å². The molecule has 0 bridgehead atoms. The van der Waals surface area contributed by atoms with Gasteiger partial charge < -0.3 is 19.3 Å². The van der Waals surface area contributed by atoms with Crippen molar-refractivity contribution < 1.29 is 24.1 Å². The Morgan fingerprint density at radius 2 is 1.94 bits per heavy atom. The van der Waals surface area contributed by atoms with E-state index in [1.165, 1.54) is 6.92 Å². The van der Waals surface area contributed by atoms with Crippen LogP contribution in [0.25, 0.3) is 0 Å². The molecule has 0 aromatic carbocycles. The van der Waals surface area contributed by atoms with Gasteiger partial charge in [-0.2, -0.15) is 0 Å². The van der Waals surface area contributed by atoms with Crippen LogP contribution >= 0.6 is 34.8 Å². The quantitative estimate of drug-likeness (QED) is 0.416. The van der Waals surface area contributed by atoms with E-state index in [-0.39, 0.29) is 33.0 Å². The lowest BCUT2D eigenvalue weighted by Crippen LogP contribution is -2.28. The normalized spacial score (nSPS) is 13.5. The van der Waals surface area contributed by atoms with Gasteiger partial charge in [0.25, 0.3) is 0 Å². The molecule has 102 valence electrons. The Labute approximate surface area is 115 Å². The molecule has 0 aromatic heterocycles. The van der Waals surface area contributed by atoms with Gasteiger partial charge in [-0.1, -0.05) is 34.8 Å². The Kier molecular flexibility index (Phi) is 9.31. The maximum absolute atomic E-state index is 11.3. The van der Waals surface area contributed by atoms with Crippen LogP contribution in [0.15, 0.2) is 0 Å². The Bertz CT molecular complexity index is 219. The van der Waals surface area contributed by atoms with Crippen molar-refractivity contribution in [3.63, 3.8) is 0 Å². The van der Waals surface area contributed by atoms with Crippen molar-refractivity contribution in [2.24, 2.45) is 0 Å². The lowest BCUT2D eigenvalue weighted by molar-refractivity contribution is -0.156. The van der Waals surface area contributed by atoms with Crippen LogP contribution < -0.4 is 0 Å². The topological polar surface area (TPSA) is 65.0 Å². The summed E-state index contributed by atoms with van der Waals surface area (Å²) in [6.07, 6.45) is -0.764. The number of aliphatic hydroxyl groups is 1. The molecule has 0 heterocycles. The highest BCUT2D eigenvalue weighted by Gasteiger charge is 2.24. The smallest absolute Gasteiger partial charge is 0.335 e. The van der Waals surface area contributed by atoms with Crippen molar-refractivity contribution in [2.75, 3.05) is 33.0 Å². The SMILES string of the molecule is CC(OCCOCCO)C(=O)OCC(Cl)(Cl)Cl. The van der Waals surface area contributed by atoms with Crippen molar-refractivity contribution in [2.45, 2.75) is 16.8 Å². The number of aliphatic hydroxyl groups excluding tert-OH is 1. The number of carbonyl (C=O) groups is 1. The maximum Gasteiger partial charge on any atom is 0.335 e. The van der Waals surface area contributed by atoms with Gasteiger partial charge in [-0.25, -0.2) is 4.79 Å². The number of carbonyl (C=O) groups excluding carboxylic acids is 1. The van der Waals surface area contributed by atoms with E-state index >= 15 is 0 Å². The van der Waals surface area contributed by atoms with E-state index in [0.717, 1.165) is 0 Å². The third kappa shape index (κ3) is 11.1. The number of rotatable bonds is 8. The van der Waals surface area contributed by atoms with Crippen LogP contribution in [-0.4, -0.2) is 54.0 Å². The zero-order valence-electron chi connectivity index (χ0n) is 9.33. The molecule has 0 spiro atoms. The molecule has 0 fully saturated rings. The largest absolute Gasteiger partial charge is 0.459 e. The van der Waals surface area contributed by atoms with Gasteiger partial charge >= 0.3 is 5.97 Å². The molecule has 0 aliphatic heterocycles. The second-order valence-electron chi connectivity index (χ2n) is 3.07. The minimum Gasteiger partial charge on any atom is -0.459 e. The molecule has 5 nitrogen and oxygen atoms in total. The number of ether oxygens (including phenoxy) is 3. The highest BCUT2D eigenvalue weighted by atomic mass is 35.6. The zero-order valence-corrected chi connectivity index (χ0v) is 11.6. The standard InChI is InChI=1S/C9H15Cl3O5/c1-7(16-5-4-15-3-2-13)8(14)17-6-9(10,11)12/h7,13H,2-6H2,1H3. The highest BCUT2D eigenvalue weighted by molar-refractivity contribution is 6.67. The van der Waals surface area contributed by atoms with Crippen molar-refractivity contribution in [1.29, 1.82) is 0 Å². The van der Waals surface area contributed by atoms with E-state index in [1.54, 1.807) is 0 Å². The summed E-state index contributed by atoms with van der Waals surface area (Å²) in [4.78, 5) is 11.3. The first kappa shape index (κ1) is 17.2. The molecule has 0 aliphatic carbocycles. The van der Waals surface area contributed by atoms with E-state index in [4.69, 9.17) is 54.1 Å². The summed E-state index contributed by atoms with van der Waals surface area (Å²) < 4.78 is 13.1. The van der Waals surface area contributed by atoms with Crippen molar-refractivity contribution >= 4 is 40.8 Å². The molecule has 1 atom stereocenters. The van der Waals surface area contributed by atoms with Gasteiger partial charge in [-0.3, -0.25) is 0 Å². The summed E-state index contributed by atoms with van der Waals surface area (Å²) in [6.45, 7) is 1.86. The molecule has 17 heavy (non-hydrogen) atoms. The average Bonchev–Trinajstić information content (AvgIpc) is 2.24. The predicted octanol–water partition coefficient (Wildman–Crippen LogP) is 1.31. The molecule has 0 aliphatic rings. The van der Waals surface area contributed by atoms with Gasteiger partial charge in [0.1, 0.15) is 6.61 Å². The minimum absolute atomic E-state index is 0.0547. The molecule has 1 unspecified atom stereocenters. The summed E-state index contributed by atoms with van der Waals surface area (Å²) in [6, 6.07) is 0. The molecule has 0 amide bonds. The van der Waals surface area contributed by atoms with Crippen LogP contribution in [0.2, 0.25) is 0 Å². The third-order valence-corrected chi connectivity index (χ3v) is 1.87. The molecule has 0 radical (unpaired) electrons. The third-order valence-electron chi connectivity index (χ3n) is 1.54. The van der Waals surface area contributed by atoms with Crippen LogP contribution in [0.1, 0.15) is 6.92 Å². The number of esters is 1. The van der Waals surface area contributed by atoms with E-state index in [2.05, 4.69) is 0 Å². The van der Waals surface area contributed by atoms with Gasteiger partial charge in [-0.05, 0) is 6.92 Å². The fourth-order valence-corrected chi connectivity index (χ4v) is 0.952. The average molecular weight is 310 g/mol. The first-order valence-corrected chi connectivity index (χ1v) is 6.04. The second kappa shape index (κ2) is 9.19. The van der Waals surface area contributed by atoms with Crippen LogP contribution in [0.5, 0.6) is 0 Å². The first-order chi connectivity index (χ1) is 7.87. The first-order valence-electron chi connectivity index (χ1n) is 4.90. The number of alkyl halides is 3. The highest BCUT2D eigenvalue weighted by Crippen LogP contribution is 2.26. The molecule has 1 N–H and O–H groups in total. The number of hydrogen-bond donors (Lipinski definition) is 1. The molecule has 0 aromatic rings. The van der Waals surface area contributed by atoms with Crippen LogP contribution in [0, 0.1) is 0 Å².